The molecule has 5 nitrogen and oxygen atoms in total. The summed E-state index contributed by atoms with van der Waals surface area (Å²) < 4.78 is 0. The first kappa shape index (κ1) is 22.9. The van der Waals surface area contributed by atoms with Crippen LogP contribution in [0.15, 0.2) is 59.6 Å². The summed E-state index contributed by atoms with van der Waals surface area (Å²) in [6.07, 6.45) is 3.17. The molecule has 1 fully saturated rings. The lowest BCUT2D eigenvalue weighted by Gasteiger charge is -2.40. The largest absolute Gasteiger partial charge is 0.356 e. The molecule has 1 saturated heterocycles. The van der Waals surface area contributed by atoms with E-state index in [9.17, 15) is 4.79 Å². The second kappa shape index (κ2) is 11.0. The summed E-state index contributed by atoms with van der Waals surface area (Å²) in [5.74, 6) is 2.27. The van der Waals surface area contributed by atoms with Crippen LogP contribution in [0.4, 0.5) is 0 Å². The number of hydrogen-bond acceptors (Lipinski definition) is 2. The molecule has 1 N–H and O–H groups in total. The standard InChI is InChI=1S/C26H36N4O/c1-5-21-19-30(17-15-24(21)22-11-7-6-8-12-22)26(27-2)28-16-14-20-10-9-13-23(18-20)25(31)29(3)4/h6-13,18,21,24H,5,14-17,19H2,1-4H3,(H,27,28). The molecular formula is C26H36N4O. The lowest BCUT2D eigenvalue weighted by Crippen LogP contribution is -2.48. The van der Waals surface area contributed by atoms with E-state index in [-0.39, 0.29) is 5.91 Å². The zero-order chi connectivity index (χ0) is 22.2. The Hall–Kier alpha value is -2.82. The van der Waals surface area contributed by atoms with Gasteiger partial charge in [0.25, 0.3) is 5.91 Å². The Labute approximate surface area is 187 Å². The Morgan fingerprint density at radius 3 is 2.61 bits per heavy atom. The minimum atomic E-state index is 0.0394. The van der Waals surface area contributed by atoms with Gasteiger partial charge in [0.1, 0.15) is 0 Å². The summed E-state index contributed by atoms with van der Waals surface area (Å²) >= 11 is 0. The number of aliphatic imine (C=N–C) groups is 1. The summed E-state index contributed by atoms with van der Waals surface area (Å²) in [5, 5.41) is 3.54. The predicted molar refractivity (Wildman–Crippen MR) is 129 cm³/mol. The number of rotatable bonds is 6. The van der Waals surface area contributed by atoms with E-state index >= 15 is 0 Å². The molecule has 0 saturated carbocycles. The predicted octanol–water partition coefficient (Wildman–Crippen LogP) is 4.02. The van der Waals surface area contributed by atoms with Crippen LogP contribution in [0.1, 0.15) is 47.2 Å². The number of hydrogen-bond donors (Lipinski definition) is 1. The van der Waals surface area contributed by atoms with E-state index in [1.54, 1.807) is 19.0 Å². The molecule has 3 rings (SSSR count). The average Bonchev–Trinajstić information content (AvgIpc) is 2.81. The molecule has 0 aromatic heterocycles. The number of nitrogens with one attached hydrogen (secondary N) is 1. The van der Waals surface area contributed by atoms with Gasteiger partial charge in [-0.2, -0.15) is 0 Å². The third-order valence-corrected chi connectivity index (χ3v) is 6.27. The van der Waals surface area contributed by atoms with Crippen LogP contribution in [0.3, 0.4) is 0 Å². The molecule has 2 unspecified atom stereocenters. The van der Waals surface area contributed by atoms with E-state index in [0.29, 0.717) is 11.8 Å². The molecule has 2 aromatic rings. The van der Waals surface area contributed by atoms with Gasteiger partial charge in [0.15, 0.2) is 5.96 Å². The number of benzene rings is 2. The highest BCUT2D eigenvalue weighted by Crippen LogP contribution is 2.34. The van der Waals surface area contributed by atoms with Crippen molar-refractivity contribution in [1.29, 1.82) is 0 Å². The first-order valence-corrected chi connectivity index (χ1v) is 11.3. The Morgan fingerprint density at radius 1 is 1.16 bits per heavy atom. The molecule has 1 heterocycles. The van der Waals surface area contributed by atoms with Gasteiger partial charge in [-0.3, -0.25) is 9.79 Å². The quantitative estimate of drug-likeness (QED) is 0.567. The number of guanidine groups is 1. The molecular weight excluding hydrogens is 384 g/mol. The Kier molecular flexibility index (Phi) is 8.10. The van der Waals surface area contributed by atoms with Crippen molar-refractivity contribution in [2.45, 2.75) is 32.1 Å². The maximum atomic E-state index is 12.2. The van der Waals surface area contributed by atoms with Gasteiger partial charge in [0.05, 0.1) is 0 Å². The van der Waals surface area contributed by atoms with E-state index in [1.807, 2.05) is 25.2 Å². The van der Waals surface area contributed by atoms with Crippen LogP contribution in [0.5, 0.6) is 0 Å². The summed E-state index contributed by atoms with van der Waals surface area (Å²) in [6.45, 7) is 5.13. The van der Waals surface area contributed by atoms with E-state index in [4.69, 9.17) is 0 Å². The molecule has 0 radical (unpaired) electrons. The second-order valence-electron chi connectivity index (χ2n) is 8.54. The fourth-order valence-electron chi connectivity index (χ4n) is 4.55. The van der Waals surface area contributed by atoms with E-state index in [2.05, 4.69) is 58.5 Å². The fourth-order valence-corrected chi connectivity index (χ4v) is 4.55. The topological polar surface area (TPSA) is 47.9 Å². The van der Waals surface area contributed by atoms with E-state index in [0.717, 1.165) is 49.6 Å². The molecule has 0 spiro atoms. The first-order chi connectivity index (χ1) is 15.0. The monoisotopic (exact) mass is 420 g/mol. The van der Waals surface area contributed by atoms with Crippen molar-refractivity contribution in [3.8, 4) is 0 Å². The number of piperidine rings is 1. The number of carbonyl (C=O) groups is 1. The van der Waals surface area contributed by atoms with Crippen molar-refractivity contribution >= 4 is 11.9 Å². The first-order valence-electron chi connectivity index (χ1n) is 11.3. The zero-order valence-corrected chi connectivity index (χ0v) is 19.3. The van der Waals surface area contributed by atoms with Crippen LogP contribution >= 0.6 is 0 Å². The summed E-state index contributed by atoms with van der Waals surface area (Å²) in [7, 11) is 5.43. The van der Waals surface area contributed by atoms with Gasteiger partial charge in [-0.05, 0) is 47.9 Å². The highest BCUT2D eigenvalue weighted by molar-refractivity contribution is 5.94. The van der Waals surface area contributed by atoms with Crippen LogP contribution in [0.25, 0.3) is 0 Å². The fraction of sp³-hybridized carbons (Fsp3) is 0.462. The molecule has 0 bridgehead atoms. The Morgan fingerprint density at radius 2 is 1.94 bits per heavy atom. The SMILES string of the molecule is CCC1CN(C(=NC)NCCc2cccc(C(=O)N(C)C)c2)CCC1c1ccccc1. The lowest BCUT2D eigenvalue weighted by atomic mass is 9.79. The highest BCUT2D eigenvalue weighted by Gasteiger charge is 2.30. The van der Waals surface area contributed by atoms with Gasteiger partial charge in [0.2, 0.25) is 0 Å². The van der Waals surface area contributed by atoms with Crippen molar-refractivity contribution in [2.75, 3.05) is 40.8 Å². The molecule has 2 atom stereocenters. The molecule has 31 heavy (non-hydrogen) atoms. The maximum Gasteiger partial charge on any atom is 0.253 e. The van der Waals surface area contributed by atoms with E-state index < -0.39 is 0 Å². The molecule has 0 aliphatic carbocycles. The minimum Gasteiger partial charge on any atom is -0.356 e. The summed E-state index contributed by atoms with van der Waals surface area (Å²) in [4.78, 5) is 20.8. The Balaban J connectivity index is 1.56. The van der Waals surface area contributed by atoms with Crippen molar-refractivity contribution in [1.82, 2.24) is 15.1 Å². The maximum absolute atomic E-state index is 12.2. The summed E-state index contributed by atoms with van der Waals surface area (Å²) in [5.41, 5.74) is 3.36. The van der Waals surface area contributed by atoms with Gasteiger partial charge in [-0.15, -0.1) is 0 Å². The lowest BCUT2D eigenvalue weighted by molar-refractivity contribution is 0.0827. The molecule has 1 aliphatic heterocycles. The van der Waals surface area contributed by atoms with Gasteiger partial charge < -0.3 is 15.1 Å². The minimum absolute atomic E-state index is 0.0394. The molecule has 1 aliphatic rings. The van der Waals surface area contributed by atoms with Crippen LogP contribution in [0.2, 0.25) is 0 Å². The van der Waals surface area contributed by atoms with Crippen molar-refractivity contribution in [2.24, 2.45) is 10.9 Å². The smallest absolute Gasteiger partial charge is 0.253 e. The molecule has 2 aromatic carbocycles. The summed E-state index contributed by atoms with van der Waals surface area (Å²) in [6, 6.07) is 18.8. The van der Waals surface area contributed by atoms with E-state index in [1.165, 1.54) is 12.0 Å². The van der Waals surface area contributed by atoms with Crippen LogP contribution < -0.4 is 5.32 Å². The third-order valence-electron chi connectivity index (χ3n) is 6.27. The third kappa shape index (κ3) is 5.87. The normalized spacial score (nSPS) is 19.2. The number of likely N-dealkylation sites (tertiary alicyclic amines) is 1. The van der Waals surface area contributed by atoms with Gasteiger partial charge in [0, 0.05) is 46.3 Å². The highest BCUT2D eigenvalue weighted by atomic mass is 16.2. The molecule has 5 heteroatoms. The van der Waals surface area contributed by atoms with Gasteiger partial charge >= 0.3 is 0 Å². The Bertz CT molecular complexity index is 878. The van der Waals surface area contributed by atoms with Crippen molar-refractivity contribution in [3.05, 3.63) is 71.3 Å². The number of amides is 1. The molecule has 166 valence electrons. The van der Waals surface area contributed by atoms with Crippen molar-refractivity contribution in [3.63, 3.8) is 0 Å². The van der Waals surface area contributed by atoms with Crippen LogP contribution in [-0.2, 0) is 6.42 Å². The van der Waals surface area contributed by atoms with Gasteiger partial charge in [-0.25, -0.2) is 0 Å². The van der Waals surface area contributed by atoms with Crippen LogP contribution in [-0.4, -0.2) is 62.4 Å². The second-order valence-corrected chi connectivity index (χ2v) is 8.54. The number of nitrogens with zero attached hydrogens (tertiary/aromatic N) is 3. The average molecular weight is 421 g/mol. The molecule has 1 amide bonds. The number of carbonyl (C=O) groups excluding carboxylic acids is 1. The van der Waals surface area contributed by atoms with Gasteiger partial charge in [-0.1, -0.05) is 55.8 Å². The van der Waals surface area contributed by atoms with Crippen LogP contribution in [0, 0.1) is 5.92 Å². The van der Waals surface area contributed by atoms with Crippen molar-refractivity contribution < 1.29 is 4.79 Å². The zero-order valence-electron chi connectivity index (χ0n) is 19.3.